The van der Waals surface area contributed by atoms with Gasteiger partial charge in [-0.2, -0.15) is 4.98 Å². The van der Waals surface area contributed by atoms with E-state index in [0.717, 1.165) is 23.3 Å². The van der Waals surface area contributed by atoms with Crippen molar-refractivity contribution in [1.29, 1.82) is 0 Å². The molecule has 0 fully saturated rings. The summed E-state index contributed by atoms with van der Waals surface area (Å²) in [6, 6.07) is 16.0. The number of anilines is 2. The summed E-state index contributed by atoms with van der Waals surface area (Å²) < 4.78 is 7.09. The Morgan fingerprint density at radius 1 is 1.12 bits per heavy atom. The number of nitrogen functional groups attached to an aromatic ring is 1. The number of fused-ring (bicyclic) bond motifs is 1. The summed E-state index contributed by atoms with van der Waals surface area (Å²) in [6.45, 7) is 0. The zero-order valence-electron chi connectivity index (χ0n) is 13.7. The predicted octanol–water partition coefficient (Wildman–Crippen LogP) is 3.67. The maximum Gasteiger partial charge on any atom is 0.241 e. The summed E-state index contributed by atoms with van der Waals surface area (Å²) in [5.74, 6) is 1.77. The molecule has 1 aromatic heterocycles. The Hall–Kier alpha value is -2.73. The summed E-state index contributed by atoms with van der Waals surface area (Å²) in [6.07, 6.45) is 0.823. The molecule has 2 atom stereocenters. The van der Waals surface area contributed by atoms with Crippen LogP contribution in [-0.2, 0) is 0 Å². The number of rotatable bonds is 3. The summed E-state index contributed by atoms with van der Waals surface area (Å²) in [5, 5.41) is 8.49. The summed E-state index contributed by atoms with van der Waals surface area (Å²) in [5.41, 5.74) is 8.10. The Morgan fingerprint density at radius 2 is 1.80 bits per heavy atom. The van der Waals surface area contributed by atoms with E-state index < -0.39 is 0 Å². The maximum absolute atomic E-state index is 6.03. The zero-order valence-corrected chi connectivity index (χ0v) is 14.4. The lowest BCUT2D eigenvalue weighted by molar-refractivity contribution is 0.413. The maximum atomic E-state index is 6.03. The van der Waals surface area contributed by atoms with Crippen LogP contribution in [0, 0.1) is 0 Å². The molecule has 0 aliphatic carbocycles. The highest BCUT2D eigenvalue weighted by Gasteiger charge is 2.30. The quantitative estimate of drug-likeness (QED) is 0.749. The summed E-state index contributed by atoms with van der Waals surface area (Å²) in [7, 11) is 1.66. The minimum atomic E-state index is 0.0328. The monoisotopic (exact) mass is 355 g/mol. The van der Waals surface area contributed by atoms with Crippen molar-refractivity contribution in [3.05, 3.63) is 64.7 Å². The Labute approximate surface area is 150 Å². The van der Waals surface area contributed by atoms with Crippen molar-refractivity contribution in [2.45, 2.75) is 18.5 Å². The standard InChI is InChI=1S/C18H18ClN5O/c1-25-14-8-4-11(5-9-14)15-10-16(12-2-6-13(19)7-3-12)24-18(21-15)22-17(20)23-24/h2-9,15-16H,10H2,1H3,(H3,20,21,22,23)/t15-,16+/m1/s1. The van der Waals surface area contributed by atoms with Crippen LogP contribution in [0.15, 0.2) is 48.5 Å². The Kier molecular flexibility index (Phi) is 3.97. The highest BCUT2D eigenvalue weighted by Crippen LogP contribution is 2.38. The second-order valence-corrected chi connectivity index (χ2v) is 6.45. The molecule has 0 saturated carbocycles. The van der Waals surface area contributed by atoms with Gasteiger partial charge in [0.15, 0.2) is 0 Å². The lowest BCUT2D eigenvalue weighted by Crippen LogP contribution is -2.28. The molecule has 1 aliphatic heterocycles. The fraction of sp³-hybridized carbons (Fsp3) is 0.222. The van der Waals surface area contributed by atoms with Crippen LogP contribution in [0.25, 0.3) is 0 Å². The van der Waals surface area contributed by atoms with Crippen LogP contribution in [0.4, 0.5) is 11.9 Å². The second kappa shape index (κ2) is 6.29. The van der Waals surface area contributed by atoms with Crippen molar-refractivity contribution in [3.63, 3.8) is 0 Å². The first kappa shape index (κ1) is 15.8. The summed E-state index contributed by atoms with van der Waals surface area (Å²) in [4.78, 5) is 4.32. The van der Waals surface area contributed by atoms with Gasteiger partial charge in [0.05, 0.1) is 19.2 Å². The minimum absolute atomic E-state index is 0.0328. The van der Waals surface area contributed by atoms with Gasteiger partial charge < -0.3 is 15.8 Å². The Balaban J connectivity index is 1.71. The predicted molar refractivity (Wildman–Crippen MR) is 98.0 cm³/mol. The third-order valence-corrected chi connectivity index (χ3v) is 4.73. The number of methoxy groups -OCH3 is 1. The van der Waals surface area contributed by atoms with E-state index in [4.69, 9.17) is 22.1 Å². The molecule has 0 bridgehead atoms. The average molecular weight is 356 g/mol. The molecule has 0 unspecified atom stereocenters. The summed E-state index contributed by atoms with van der Waals surface area (Å²) >= 11 is 6.03. The van der Waals surface area contributed by atoms with E-state index in [9.17, 15) is 0 Å². The van der Waals surface area contributed by atoms with Gasteiger partial charge in [0.2, 0.25) is 11.9 Å². The lowest BCUT2D eigenvalue weighted by atomic mass is 9.93. The molecule has 2 heterocycles. The highest BCUT2D eigenvalue weighted by atomic mass is 35.5. The SMILES string of the molecule is COc1ccc([C@H]2C[C@@H](c3ccc(Cl)cc3)n3nc(N)nc3N2)cc1. The first-order valence-corrected chi connectivity index (χ1v) is 8.40. The van der Waals surface area contributed by atoms with Gasteiger partial charge in [-0.25, -0.2) is 4.68 Å². The van der Waals surface area contributed by atoms with Crippen LogP contribution in [0.5, 0.6) is 5.75 Å². The van der Waals surface area contributed by atoms with Gasteiger partial charge >= 0.3 is 0 Å². The minimum Gasteiger partial charge on any atom is -0.497 e. The largest absolute Gasteiger partial charge is 0.497 e. The molecule has 0 saturated heterocycles. The molecule has 4 rings (SSSR count). The highest BCUT2D eigenvalue weighted by molar-refractivity contribution is 6.30. The van der Waals surface area contributed by atoms with Gasteiger partial charge in [0, 0.05) is 5.02 Å². The van der Waals surface area contributed by atoms with Gasteiger partial charge in [0.1, 0.15) is 5.75 Å². The number of nitrogens with zero attached hydrogens (tertiary/aromatic N) is 3. The van der Waals surface area contributed by atoms with Crippen molar-refractivity contribution in [1.82, 2.24) is 14.8 Å². The molecular weight excluding hydrogens is 338 g/mol. The Morgan fingerprint density at radius 3 is 2.48 bits per heavy atom. The first-order valence-electron chi connectivity index (χ1n) is 8.02. The van der Waals surface area contributed by atoms with Gasteiger partial charge in [-0.1, -0.05) is 35.9 Å². The van der Waals surface area contributed by atoms with Gasteiger partial charge in [-0.05, 0) is 41.8 Å². The van der Waals surface area contributed by atoms with Crippen molar-refractivity contribution in [3.8, 4) is 5.75 Å². The van der Waals surface area contributed by atoms with E-state index in [0.29, 0.717) is 11.0 Å². The van der Waals surface area contributed by atoms with E-state index in [1.54, 1.807) is 7.11 Å². The van der Waals surface area contributed by atoms with Crippen LogP contribution in [0.3, 0.4) is 0 Å². The van der Waals surface area contributed by atoms with Crippen molar-refractivity contribution in [2.24, 2.45) is 0 Å². The van der Waals surface area contributed by atoms with Crippen LogP contribution >= 0.6 is 11.6 Å². The molecule has 0 amide bonds. The molecule has 7 heteroatoms. The van der Waals surface area contributed by atoms with E-state index in [1.165, 1.54) is 0 Å². The molecule has 3 N–H and O–H groups in total. The van der Waals surface area contributed by atoms with E-state index in [1.807, 2.05) is 41.1 Å². The number of halogens is 1. The molecule has 25 heavy (non-hydrogen) atoms. The number of nitrogens with one attached hydrogen (secondary N) is 1. The third kappa shape index (κ3) is 3.00. The molecule has 0 radical (unpaired) electrons. The molecule has 128 valence electrons. The van der Waals surface area contributed by atoms with Gasteiger partial charge in [-0.3, -0.25) is 0 Å². The number of hydrogen-bond acceptors (Lipinski definition) is 5. The Bertz CT molecular complexity index is 875. The van der Waals surface area contributed by atoms with Crippen molar-refractivity contribution >= 4 is 23.5 Å². The number of aromatic nitrogens is 3. The lowest BCUT2D eigenvalue weighted by Gasteiger charge is -2.31. The molecule has 6 nitrogen and oxygen atoms in total. The molecular formula is C18H18ClN5O. The van der Waals surface area contributed by atoms with Crippen molar-refractivity contribution < 1.29 is 4.74 Å². The van der Waals surface area contributed by atoms with Crippen LogP contribution < -0.4 is 15.8 Å². The number of nitrogens with two attached hydrogens (primary N) is 1. The van der Waals surface area contributed by atoms with Gasteiger partial charge in [-0.15, -0.1) is 5.10 Å². The fourth-order valence-corrected chi connectivity index (χ4v) is 3.34. The second-order valence-electron chi connectivity index (χ2n) is 6.01. The molecule has 0 spiro atoms. The number of hydrogen-bond donors (Lipinski definition) is 2. The van der Waals surface area contributed by atoms with Crippen LogP contribution in [0.1, 0.15) is 29.6 Å². The number of benzene rings is 2. The van der Waals surface area contributed by atoms with Gasteiger partial charge in [0.25, 0.3) is 0 Å². The molecule has 3 aromatic rings. The smallest absolute Gasteiger partial charge is 0.241 e. The van der Waals surface area contributed by atoms with Crippen LogP contribution in [-0.4, -0.2) is 21.9 Å². The average Bonchev–Trinajstić information content (AvgIpc) is 3.02. The van der Waals surface area contributed by atoms with E-state index in [-0.39, 0.29) is 18.0 Å². The van der Waals surface area contributed by atoms with Crippen molar-refractivity contribution in [2.75, 3.05) is 18.2 Å². The van der Waals surface area contributed by atoms with E-state index >= 15 is 0 Å². The zero-order chi connectivity index (χ0) is 17.4. The molecule has 1 aliphatic rings. The van der Waals surface area contributed by atoms with Crippen LogP contribution in [0.2, 0.25) is 5.02 Å². The molecule has 2 aromatic carbocycles. The van der Waals surface area contributed by atoms with E-state index in [2.05, 4.69) is 27.5 Å². The third-order valence-electron chi connectivity index (χ3n) is 4.48. The topological polar surface area (TPSA) is 78.0 Å². The first-order chi connectivity index (χ1) is 12.1. The normalized spacial score (nSPS) is 19.1. The number of ether oxygens (including phenoxy) is 1. The fourth-order valence-electron chi connectivity index (χ4n) is 3.21.